The Balaban J connectivity index is 0.00000242. The Morgan fingerprint density at radius 1 is 1.32 bits per heavy atom. The van der Waals surface area contributed by atoms with Gasteiger partial charge < -0.3 is 5.73 Å². The van der Waals surface area contributed by atoms with Gasteiger partial charge in [-0.2, -0.15) is 0 Å². The number of rotatable bonds is 6. The summed E-state index contributed by atoms with van der Waals surface area (Å²) in [6.45, 7) is 2.05. The minimum Gasteiger partial charge on any atom is -0.329 e. The van der Waals surface area contributed by atoms with Crippen molar-refractivity contribution >= 4 is 28.2 Å². The van der Waals surface area contributed by atoms with Crippen molar-refractivity contribution in [1.82, 2.24) is 4.72 Å². The largest absolute Gasteiger partial charge is 0.329 e. The normalized spacial score (nSPS) is 17.0. The first-order valence-corrected chi connectivity index (χ1v) is 8.78. The number of hydrogen-bond acceptors (Lipinski definition) is 4. The molecule has 0 amide bonds. The van der Waals surface area contributed by atoms with Gasteiger partial charge in [0, 0.05) is 24.1 Å². The van der Waals surface area contributed by atoms with Crippen LogP contribution in [0.15, 0.2) is 29.2 Å². The molecule has 124 valence electrons. The molecule has 1 aromatic carbocycles. The van der Waals surface area contributed by atoms with Crippen LogP contribution in [-0.2, 0) is 10.0 Å². The molecule has 1 fully saturated rings. The number of sulfonamides is 1. The highest BCUT2D eigenvalue weighted by atomic mass is 35.5. The molecule has 0 unspecified atom stereocenters. The van der Waals surface area contributed by atoms with Gasteiger partial charge in [0.05, 0.1) is 4.90 Å². The molecule has 7 heteroatoms. The minimum atomic E-state index is -3.66. The molecule has 22 heavy (non-hydrogen) atoms. The van der Waals surface area contributed by atoms with Gasteiger partial charge in [-0.3, -0.25) is 4.79 Å². The second-order valence-corrected chi connectivity index (χ2v) is 7.28. The molecule has 3 N–H and O–H groups in total. The SMILES string of the molecule is CCC(=O)c1cccc(S(=O)(=O)NC2(CN)CCCC2)c1.Cl. The third-order valence-electron chi connectivity index (χ3n) is 4.09. The predicted octanol–water partition coefficient (Wildman–Crippen LogP) is 2.25. The number of carbonyl (C=O) groups excluding carboxylic acids is 1. The fourth-order valence-electron chi connectivity index (χ4n) is 2.78. The van der Waals surface area contributed by atoms with E-state index in [0.29, 0.717) is 18.5 Å². The van der Waals surface area contributed by atoms with E-state index < -0.39 is 15.6 Å². The lowest BCUT2D eigenvalue weighted by molar-refractivity contribution is 0.0988. The van der Waals surface area contributed by atoms with Gasteiger partial charge in [-0.25, -0.2) is 13.1 Å². The molecule has 5 nitrogen and oxygen atoms in total. The number of nitrogens with one attached hydrogen (secondary N) is 1. The van der Waals surface area contributed by atoms with Crippen LogP contribution in [0.25, 0.3) is 0 Å². The number of Topliss-reactive ketones (excluding diaryl/α,β-unsaturated/α-hetero) is 1. The number of benzene rings is 1. The molecule has 1 saturated carbocycles. The van der Waals surface area contributed by atoms with Gasteiger partial charge in [-0.1, -0.05) is 31.9 Å². The first kappa shape index (κ1) is 19.1. The summed E-state index contributed by atoms with van der Waals surface area (Å²) in [7, 11) is -3.66. The fourth-order valence-corrected chi connectivity index (χ4v) is 4.30. The molecule has 1 aliphatic rings. The van der Waals surface area contributed by atoms with Crippen molar-refractivity contribution in [2.75, 3.05) is 6.54 Å². The maximum absolute atomic E-state index is 12.5. The molecular formula is C15H23ClN2O3S. The summed E-state index contributed by atoms with van der Waals surface area (Å²) >= 11 is 0. The maximum Gasteiger partial charge on any atom is 0.241 e. The summed E-state index contributed by atoms with van der Waals surface area (Å²) in [4.78, 5) is 11.8. The molecule has 0 aliphatic heterocycles. The minimum absolute atomic E-state index is 0. The van der Waals surface area contributed by atoms with Crippen molar-refractivity contribution in [3.8, 4) is 0 Å². The van der Waals surface area contributed by atoms with E-state index in [-0.39, 0.29) is 23.1 Å². The first-order chi connectivity index (χ1) is 9.92. The summed E-state index contributed by atoms with van der Waals surface area (Å²) in [5, 5.41) is 0. The van der Waals surface area contributed by atoms with E-state index in [1.807, 2.05) is 0 Å². The number of halogens is 1. The van der Waals surface area contributed by atoms with Gasteiger partial charge in [0.2, 0.25) is 10.0 Å². The summed E-state index contributed by atoms with van der Waals surface area (Å²) in [6.07, 6.45) is 3.83. The average molecular weight is 347 g/mol. The summed E-state index contributed by atoms with van der Waals surface area (Å²) in [5.41, 5.74) is 5.66. The zero-order chi connectivity index (χ0) is 15.5. The van der Waals surface area contributed by atoms with E-state index in [1.165, 1.54) is 12.1 Å². The molecule has 0 atom stereocenters. The molecule has 0 bridgehead atoms. The Morgan fingerprint density at radius 2 is 1.95 bits per heavy atom. The maximum atomic E-state index is 12.5. The lowest BCUT2D eigenvalue weighted by Crippen LogP contribution is -2.51. The average Bonchev–Trinajstić information content (AvgIpc) is 2.95. The van der Waals surface area contributed by atoms with Crippen molar-refractivity contribution in [2.45, 2.75) is 49.5 Å². The van der Waals surface area contributed by atoms with Crippen molar-refractivity contribution < 1.29 is 13.2 Å². The third-order valence-corrected chi connectivity index (χ3v) is 5.67. The van der Waals surface area contributed by atoms with Crippen LogP contribution in [-0.4, -0.2) is 26.3 Å². The van der Waals surface area contributed by atoms with Crippen LogP contribution in [0.1, 0.15) is 49.4 Å². The Bertz CT molecular complexity index is 625. The second kappa shape index (κ2) is 7.55. The van der Waals surface area contributed by atoms with Crippen LogP contribution in [0.4, 0.5) is 0 Å². The number of ketones is 1. The van der Waals surface area contributed by atoms with Gasteiger partial charge in [0.15, 0.2) is 5.78 Å². The molecule has 0 aromatic heterocycles. The van der Waals surface area contributed by atoms with E-state index in [2.05, 4.69) is 4.72 Å². The van der Waals surface area contributed by atoms with Crippen molar-refractivity contribution in [3.63, 3.8) is 0 Å². The van der Waals surface area contributed by atoms with Crippen LogP contribution < -0.4 is 10.5 Å². The quantitative estimate of drug-likeness (QED) is 0.773. The van der Waals surface area contributed by atoms with Gasteiger partial charge in [0.25, 0.3) is 0 Å². The second-order valence-electron chi connectivity index (χ2n) is 5.60. The van der Waals surface area contributed by atoms with E-state index >= 15 is 0 Å². The summed E-state index contributed by atoms with van der Waals surface area (Å²) < 4.78 is 27.8. The highest BCUT2D eigenvalue weighted by molar-refractivity contribution is 7.89. The van der Waals surface area contributed by atoms with Gasteiger partial charge >= 0.3 is 0 Å². The molecule has 1 aliphatic carbocycles. The molecule has 0 saturated heterocycles. The Kier molecular flexibility index (Phi) is 6.55. The fraction of sp³-hybridized carbons (Fsp3) is 0.533. The topological polar surface area (TPSA) is 89.3 Å². The zero-order valence-corrected chi connectivity index (χ0v) is 14.3. The third kappa shape index (κ3) is 4.07. The monoisotopic (exact) mass is 346 g/mol. The lowest BCUT2D eigenvalue weighted by Gasteiger charge is -2.28. The molecular weight excluding hydrogens is 324 g/mol. The first-order valence-electron chi connectivity index (χ1n) is 7.30. The van der Waals surface area contributed by atoms with Crippen LogP contribution in [0.2, 0.25) is 0 Å². The van der Waals surface area contributed by atoms with E-state index in [9.17, 15) is 13.2 Å². The predicted molar refractivity (Wildman–Crippen MR) is 88.9 cm³/mol. The van der Waals surface area contributed by atoms with Crippen LogP contribution in [0.3, 0.4) is 0 Å². The van der Waals surface area contributed by atoms with Crippen molar-refractivity contribution in [2.24, 2.45) is 5.73 Å². The lowest BCUT2D eigenvalue weighted by atomic mass is 10.0. The Morgan fingerprint density at radius 3 is 2.50 bits per heavy atom. The number of nitrogens with two attached hydrogens (primary N) is 1. The van der Waals surface area contributed by atoms with E-state index in [0.717, 1.165) is 25.7 Å². The Labute approximate surface area is 138 Å². The number of carbonyl (C=O) groups is 1. The summed E-state index contributed by atoms with van der Waals surface area (Å²) in [5.74, 6) is -0.0681. The smallest absolute Gasteiger partial charge is 0.241 e. The van der Waals surface area contributed by atoms with Gasteiger partial charge in [0.1, 0.15) is 0 Å². The van der Waals surface area contributed by atoms with Crippen molar-refractivity contribution in [1.29, 1.82) is 0 Å². The summed E-state index contributed by atoms with van der Waals surface area (Å²) in [6, 6.07) is 6.18. The van der Waals surface area contributed by atoms with Crippen LogP contribution >= 0.6 is 12.4 Å². The van der Waals surface area contributed by atoms with E-state index in [1.54, 1.807) is 19.1 Å². The molecule has 0 spiro atoms. The molecule has 0 radical (unpaired) electrons. The molecule has 1 aromatic rings. The Hall–Kier alpha value is -0.950. The van der Waals surface area contributed by atoms with Crippen molar-refractivity contribution in [3.05, 3.63) is 29.8 Å². The standard InChI is InChI=1S/C15H22N2O3S.ClH/c1-2-14(18)12-6-5-7-13(10-12)21(19,20)17-15(11-16)8-3-4-9-15;/h5-7,10,17H,2-4,8-9,11,16H2,1H3;1H. The van der Waals surface area contributed by atoms with Crippen LogP contribution in [0.5, 0.6) is 0 Å². The molecule has 2 rings (SSSR count). The highest BCUT2D eigenvalue weighted by Gasteiger charge is 2.36. The van der Waals surface area contributed by atoms with E-state index in [4.69, 9.17) is 5.73 Å². The zero-order valence-electron chi connectivity index (χ0n) is 12.7. The van der Waals surface area contributed by atoms with Gasteiger partial charge in [-0.15, -0.1) is 12.4 Å². The number of hydrogen-bond donors (Lipinski definition) is 2. The van der Waals surface area contributed by atoms with Gasteiger partial charge in [-0.05, 0) is 25.0 Å². The highest BCUT2D eigenvalue weighted by Crippen LogP contribution is 2.30. The van der Waals surface area contributed by atoms with Crippen LogP contribution in [0, 0.1) is 0 Å². The molecule has 0 heterocycles.